The van der Waals surface area contributed by atoms with Gasteiger partial charge in [0.05, 0.1) is 11.8 Å². The van der Waals surface area contributed by atoms with Gasteiger partial charge in [-0.1, -0.05) is 27.2 Å². The van der Waals surface area contributed by atoms with Crippen LogP contribution in [0.4, 0.5) is 0 Å². The Morgan fingerprint density at radius 3 is 2.48 bits per heavy atom. The fourth-order valence-electron chi connectivity index (χ4n) is 3.13. The molecule has 21 heavy (non-hydrogen) atoms. The molecule has 1 fully saturated rings. The van der Waals surface area contributed by atoms with Gasteiger partial charge in [-0.3, -0.25) is 4.79 Å². The first kappa shape index (κ1) is 18.4. The number of hydrogen-bond donors (Lipinski definition) is 2. The van der Waals surface area contributed by atoms with E-state index in [1.165, 1.54) is 6.42 Å². The number of rotatable bonds is 6. The second kappa shape index (κ2) is 7.58. The van der Waals surface area contributed by atoms with Crippen molar-refractivity contribution < 1.29 is 13.2 Å². The highest BCUT2D eigenvalue weighted by molar-refractivity contribution is 7.90. The summed E-state index contributed by atoms with van der Waals surface area (Å²) in [5, 5.41) is 3.06. The van der Waals surface area contributed by atoms with Crippen molar-refractivity contribution in [2.75, 3.05) is 12.0 Å². The highest BCUT2D eigenvalue weighted by Crippen LogP contribution is 2.33. The minimum atomic E-state index is -3.08. The van der Waals surface area contributed by atoms with Crippen LogP contribution < -0.4 is 11.1 Å². The molecule has 124 valence electrons. The molecule has 0 aromatic rings. The van der Waals surface area contributed by atoms with Gasteiger partial charge in [0.1, 0.15) is 9.84 Å². The van der Waals surface area contributed by atoms with Gasteiger partial charge in [-0.25, -0.2) is 8.42 Å². The molecule has 1 amide bonds. The summed E-state index contributed by atoms with van der Waals surface area (Å²) in [6.07, 6.45) is 4.65. The largest absolute Gasteiger partial charge is 0.352 e. The van der Waals surface area contributed by atoms with Gasteiger partial charge in [0.15, 0.2) is 0 Å². The smallest absolute Gasteiger partial charge is 0.237 e. The minimum Gasteiger partial charge on any atom is -0.352 e. The minimum absolute atomic E-state index is 0.0454. The first-order valence-electron chi connectivity index (χ1n) is 7.84. The maximum atomic E-state index is 12.2. The number of carbonyl (C=O) groups is 1. The maximum Gasteiger partial charge on any atom is 0.237 e. The molecular formula is C15H30N2O3S. The van der Waals surface area contributed by atoms with Crippen molar-refractivity contribution in [3.05, 3.63) is 0 Å². The predicted molar refractivity (Wildman–Crippen MR) is 85.6 cm³/mol. The van der Waals surface area contributed by atoms with Crippen molar-refractivity contribution in [2.45, 2.75) is 58.5 Å². The van der Waals surface area contributed by atoms with Gasteiger partial charge in [0.25, 0.3) is 0 Å². The molecule has 0 spiro atoms. The molecule has 4 atom stereocenters. The van der Waals surface area contributed by atoms with Gasteiger partial charge in [0, 0.05) is 12.3 Å². The monoisotopic (exact) mass is 318 g/mol. The molecule has 0 aliphatic heterocycles. The van der Waals surface area contributed by atoms with Crippen LogP contribution in [0.2, 0.25) is 0 Å². The average molecular weight is 318 g/mol. The van der Waals surface area contributed by atoms with E-state index in [0.29, 0.717) is 17.8 Å². The lowest BCUT2D eigenvalue weighted by molar-refractivity contribution is -0.124. The zero-order chi connectivity index (χ0) is 16.2. The van der Waals surface area contributed by atoms with Crippen LogP contribution in [0, 0.1) is 17.8 Å². The van der Waals surface area contributed by atoms with E-state index in [1.807, 2.05) is 0 Å². The summed E-state index contributed by atoms with van der Waals surface area (Å²) in [6.45, 7) is 6.58. The molecule has 0 aromatic heterocycles. The fraction of sp³-hybridized carbons (Fsp3) is 0.933. The van der Waals surface area contributed by atoms with E-state index in [-0.39, 0.29) is 24.1 Å². The van der Waals surface area contributed by atoms with Crippen molar-refractivity contribution in [3.63, 3.8) is 0 Å². The Balaban J connectivity index is 2.57. The van der Waals surface area contributed by atoms with E-state index >= 15 is 0 Å². The SMILES string of the molecule is CC1CCC(C(C)C)C(NC(=O)C(N)CCS(C)(=O)=O)C1. The number of nitrogens with two attached hydrogens (primary N) is 1. The summed E-state index contributed by atoms with van der Waals surface area (Å²) in [5.74, 6) is 1.35. The van der Waals surface area contributed by atoms with E-state index in [0.717, 1.165) is 19.1 Å². The number of carbonyl (C=O) groups excluding carboxylic acids is 1. The van der Waals surface area contributed by atoms with E-state index in [1.54, 1.807) is 0 Å². The standard InChI is InChI=1S/C15H30N2O3S/c1-10(2)12-6-5-11(3)9-14(12)17-15(18)13(16)7-8-21(4,19)20/h10-14H,5-9,16H2,1-4H3,(H,17,18). The summed E-state index contributed by atoms with van der Waals surface area (Å²) in [6, 6.07) is -0.588. The van der Waals surface area contributed by atoms with E-state index in [2.05, 4.69) is 26.1 Å². The quantitative estimate of drug-likeness (QED) is 0.773. The molecule has 0 radical (unpaired) electrons. The topological polar surface area (TPSA) is 89.3 Å². The summed E-state index contributed by atoms with van der Waals surface area (Å²) >= 11 is 0. The van der Waals surface area contributed by atoms with Crippen LogP contribution >= 0.6 is 0 Å². The Morgan fingerprint density at radius 1 is 1.33 bits per heavy atom. The van der Waals surface area contributed by atoms with Crippen LogP contribution in [0.25, 0.3) is 0 Å². The molecule has 1 aliphatic rings. The third-order valence-corrected chi connectivity index (χ3v) is 5.46. The van der Waals surface area contributed by atoms with Gasteiger partial charge in [-0.05, 0) is 37.0 Å². The molecule has 4 unspecified atom stereocenters. The van der Waals surface area contributed by atoms with Gasteiger partial charge in [-0.2, -0.15) is 0 Å². The van der Waals surface area contributed by atoms with E-state index < -0.39 is 15.9 Å². The zero-order valence-corrected chi connectivity index (χ0v) is 14.4. The molecule has 0 saturated heterocycles. The van der Waals surface area contributed by atoms with Crippen LogP contribution in [0.1, 0.15) is 46.5 Å². The van der Waals surface area contributed by atoms with Gasteiger partial charge in [0.2, 0.25) is 5.91 Å². The molecule has 0 heterocycles. The molecule has 1 aliphatic carbocycles. The Hall–Kier alpha value is -0.620. The number of hydrogen-bond acceptors (Lipinski definition) is 4. The van der Waals surface area contributed by atoms with Crippen molar-refractivity contribution in [1.29, 1.82) is 0 Å². The van der Waals surface area contributed by atoms with Crippen LogP contribution in [-0.4, -0.2) is 38.4 Å². The number of sulfone groups is 1. The van der Waals surface area contributed by atoms with Crippen molar-refractivity contribution in [3.8, 4) is 0 Å². The third-order valence-electron chi connectivity index (χ3n) is 4.49. The Labute approximate surface area is 129 Å². The molecule has 1 saturated carbocycles. The first-order valence-corrected chi connectivity index (χ1v) is 9.90. The highest BCUT2D eigenvalue weighted by Gasteiger charge is 2.32. The lowest BCUT2D eigenvalue weighted by Gasteiger charge is -2.38. The third kappa shape index (κ3) is 6.34. The maximum absolute atomic E-state index is 12.2. The molecule has 6 heteroatoms. The summed E-state index contributed by atoms with van der Waals surface area (Å²) in [7, 11) is -3.08. The van der Waals surface area contributed by atoms with E-state index in [4.69, 9.17) is 5.73 Å². The summed E-state index contributed by atoms with van der Waals surface area (Å²) in [5.41, 5.74) is 5.82. The fourth-order valence-corrected chi connectivity index (χ4v) is 3.81. The summed E-state index contributed by atoms with van der Waals surface area (Å²) < 4.78 is 22.3. The molecular weight excluding hydrogens is 288 g/mol. The molecule has 0 bridgehead atoms. The van der Waals surface area contributed by atoms with Crippen LogP contribution in [-0.2, 0) is 14.6 Å². The number of amides is 1. The first-order chi connectivity index (χ1) is 9.60. The van der Waals surface area contributed by atoms with Gasteiger partial charge >= 0.3 is 0 Å². The van der Waals surface area contributed by atoms with Gasteiger partial charge in [-0.15, -0.1) is 0 Å². The Bertz CT molecular complexity index is 448. The Morgan fingerprint density at radius 2 is 1.95 bits per heavy atom. The zero-order valence-electron chi connectivity index (χ0n) is 13.6. The lowest BCUT2D eigenvalue weighted by Crippen LogP contribution is -2.51. The Kier molecular flexibility index (Phi) is 6.66. The molecule has 3 N–H and O–H groups in total. The summed E-state index contributed by atoms with van der Waals surface area (Å²) in [4.78, 5) is 12.2. The van der Waals surface area contributed by atoms with Gasteiger partial charge < -0.3 is 11.1 Å². The molecule has 0 aromatic carbocycles. The molecule has 5 nitrogen and oxygen atoms in total. The highest BCUT2D eigenvalue weighted by atomic mass is 32.2. The van der Waals surface area contributed by atoms with Crippen molar-refractivity contribution in [2.24, 2.45) is 23.5 Å². The van der Waals surface area contributed by atoms with Crippen molar-refractivity contribution in [1.82, 2.24) is 5.32 Å². The lowest BCUT2D eigenvalue weighted by atomic mass is 9.74. The molecule has 1 rings (SSSR count). The van der Waals surface area contributed by atoms with Crippen LogP contribution in [0.15, 0.2) is 0 Å². The normalized spacial score (nSPS) is 28.4. The van der Waals surface area contributed by atoms with Crippen molar-refractivity contribution >= 4 is 15.7 Å². The van der Waals surface area contributed by atoms with Crippen LogP contribution in [0.3, 0.4) is 0 Å². The van der Waals surface area contributed by atoms with E-state index in [9.17, 15) is 13.2 Å². The average Bonchev–Trinajstić information content (AvgIpc) is 2.34. The number of nitrogens with one attached hydrogen (secondary N) is 1. The second-order valence-electron chi connectivity index (χ2n) is 6.97. The predicted octanol–water partition coefficient (Wildman–Crippen LogP) is 1.33. The second-order valence-corrected chi connectivity index (χ2v) is 9.23. The van der Waals surface area contributed by atoms with Crippen LogP contribution in [0.5, 0.6) is 0 Å².